The summed E-state index contributed by atoms with van der Waals surface area (Å²) in [6, 6.07) is 0. The van der Waals surface area contributed by atoms with Crippen LogP contribution in [0.15, 0.2) is 12.7 Å². The Hall–Kier alpha value is -0.300. The smallest absolute Gasteiger partial charge is 0.0545 e. The average Bonchev–Trinajstić information content (AvgIpc) is 2.64. The average molecular weight is 236 g/mol. The maximum atomic E-state index is 10.1. The third-order valence-corrected chi connectivity index (χ3v) is 6.12. The second kappa shape index (κ2) is 4.12. The van der Waals surface area contributed by atoms with Gasteiger partial charge >= 0.3 is 0 Å². The molecule has 2 aliphatic carbocycles. The molecule has 1 heteroatoms. The Morgan fingerprint density at radius 3 is 2.59 bits per heavy atom. The summed E-state index contributed by atoms with van der Waals surface area (Å²) < 4.78 is 0. The van der Waals surface area contributed by atoms with Gasteiger partial charge < -0.3 is 5.11 Å². The van der Waals surface area contributed by atoms with Crippen LogP contribution < -0.4 is 0 Å². The molecule has 1 N–H and O–H groups in total. The van der Waals surface area contributed by atoms with E-state index in [-0.39, 0.29) is 11.5 Å². The van der Waals surface area contributed by atoms with E-state index in [1.54, 1.807) is 0 Å². The highest BCUT2D eigenvalue weighted by molar-refractivity contribution is 5.12. The van der Waals surface area contributed by atoms with Crippen molar-refractivity contribution in [3.8, 4) is 0 Å². The predicted molar refractivity (Wildman–Crippen MR) is 72.7 cm³/mol. The fraction of sp³-hybridized carbons (Fsp3) is 0.875. The SMILES string of the molecule is C=CC[C@@]12C[C@@H]([C@H](C)O)C(C)(C)C1CC[C@H]2C. The second-order valence-electron chi connectivity index (χ2n) is 7.13. The van der Waals surface area contributed by atoms with Crippen molar-refractivity contribution in [3.63, 3.8) is 0 Å². The Morgan fingerprint density at radius 2 is 2.06 bits per heavy atom. The van der Waals surface area contributed by atoms with Crippen molar-refractivity contribution in [2.45, 2.75) is 59.5 Å². The minimum Gasteiger partial charge on any atom is -0.393 e. The van der Waals surface area contributed by atoms with E-state index in [2.05, 4.69) is 33.4 Å². The minimum atomic E-state index is -0.176. The standard InChI is InChI=1S/C16H28O/c1-6-9-16-10-13(12(3)17)15(4,5)14(16)8-7-11(16)2/h6,11-14,17H,1,7-10H2,2-5H3/t11-,12+,13+,14?,16+/m1/s1. The van der Waals surface area contributed by atoms with Crippen molar-refractivity contribution >= 4 is 0 Å². The molecule has 0 aromatic rings. The number of hydrogen-bond acceptors (Lipinski definition) is 1. The molecular formula is C16H28O. The largest absolute Gasteiger partial charge is 0.393 e. The first kappa shape index (κ1) is 13.1. The molecule has 0 aromatic heterocycles. The number of rotatable bonds is 3. The first-order valence-electron chi connectivity index (χ1n) is 7.15. The molecule has 0 aliphatic heterocycles. The van der Waals surface area contributed by atoms with Crippen molar-refractivity contribution in [2.24, 2.45) is 28.6 Å². The van der Waals surface area contributed by atoms with Crippen LogP contribution in [0, 0.1) is 28.6 Å². The second-order valence-corrected chi connectivity index (χ2v) is 7.13. The number of hydrogen-bond donors (Lipinski definition) is 1. The fourth-order valence-corrected chi connectivity index (χ4v) is 5.21. The molecular weight excluding hydrogens is 208 g/mol. The molecule has 0 radical (unpaired) electrons. The molecule has 2 aliphatic rings. The summed E-state index contributed by atoms with van der Waals surface area (Å²) in [4.78, 5) is 0. The Balaban J connectivity index is 2.37. The van der Waals surface area contributed by atoms with Gasteiger partial charge in [-0.25, -0.2) is 0 Å². The zero-order valence-corrected chi connectivity index (χ0v) is 11.9. The number of allylic oxidation sites excluding steroid dienone is 1. The van der Waals surface area contributed by atoms with Crippen LogP contribution in [0.1, 0.15) is 53.4 Å². The van der Waals surface area contributed by atoms with Crippen LogP contribution in [0.5, 0.6) is 0 Å². The molecule has 0 amide bonds. The Morgan fingerprint density at radius 1 is 1.41 bits per heavy atom. The minimum absolute atomic E-state index is 0.176. The van der Waals surface area contributed by atoms with Gasteiger partial charge in [-0.3, -0.25) is 0 Å². The number of aliphatic hydroxyl groups is 1. The summed E-state index contributed by atoms with van der Waals surface area (Å²) in [6.45, 7) is 13.1. The molecule has 2 fully saturated rings. The van der Waals surface area contributed by atoms with E-state index in [0.717, 1.165) is 18.3 Å². The topological polar surface area (TPSA) is 20.2 Å². The van der Waals surface area contributed by atoms with Crippen LogP contribution in [0.3, 0.4) is 0 Å². The van der Waals surface area contributed by atoms with Crippen molar-refractivity contribution in [2.75, 3.05) is 0 Å². The van der Waals surface area contributed by atoms with Gasteiger partial charge in [0.1, 0.15) is 0 Å². The van der Waals surface area contributed by atoms with Crippen LogP contribution in [-0.4, -0.2) is 11.2 Å². The zero-order valence-electron chi connectivity index (χ0n) is 11.9. The summed E-state index contributed by atoms with van der Waals surface area (Å²) >= 11 is 0. The summed E-state index contributed by atoms with van der Waals surface area (Å²) in [5, 5.41) is 10.1. The van der Waals surface area contributed by atoms with E-state index < -0.39 is 0 Å². The first-order valence-corrected chi connectivity index (χ1v) is 7.15. The quantitative estimate of drug-likeness (QED) is 0.734. The Kier molecular flexibility index (Phi) is 3.18. The van der Waals surface area contributed by atoms with E-state index in [9.17, 15) is 5.11 Å². The van der Waals surface area contributed by atoms with E-state index in [1.165, 1.54) is 19.3 Å². The van der Waals surface area contributed by atoms with Crippen LogP contribution in [0.4, 0.5) is 0 Å². The maximum absolute atomic E-state index is 10.1. The summed E-state index contributed by atoms with van der Waals surface area (Å²) in [5.74, 6) is 2.01. The molecule has 2 rings (SSSR count). The lowest BCUT2D eigenvalue weighted by molar-refractivity contribution is 0.0480. The fourth-order valence-electron chi connectivity index (χ4n) is 5.21. The van der Waals surface area contributed by atoms with Gasteiger partial charge in [0.15, 0.2) is 0 Å². The Bertz CT molecular complexity index is 305. The number of aliphatic hydroxyl groups excluding tert-OH is 1. The lowest BCUT2D eigenvalue weighted by Gasteiger charge is -2.37. The molecule has 17 heavy (non-hydrogen) atoms. The predicted octanol–water partition coefficient (Wildman–Crippen LogP) is 4.02. The first-order chi connectivity index (χ1) is 7.86. The third-order valence-electron chi connectivity index (χ3n) is 6.12. The molecule has 0 aromatic carbocycles. The van der Waals surface area contributed by atoms with Gasteiger partial charge in [-0.05, 0) is 61.2 Å². The lowest BCUT2D eigenvalue weighted by atomic mass is 9.67. The van der Waals surface area contributed by atoms with Crippen LogP contribution in [0.25, 0.3) is 0 Å². The molecule has 2 saturated carbocycles. The van der Waals surface area contributed by atoms with Gasteiger partial charge in [0, 0.05) is 0 Å². The Labute approximate surface area is 106 Å². The lowest BCUT2D eigenvalue weighted by Crippen LogP contribution is -2.33. The van der Waals surface area contributed by atoms with E-state index in [4.69, 9.17) is 0 Å². The van der Waals surface area contributed by atoms with E-state index in [0.29, 0.717) is 11.3 Å². The number of fused-ring (bicyclic) bond motifs is 1. The van der Waals surface area contributed by atoms with Crippen molar-refractivity contribution < 1.29 is 5.11 Å². The van der Waals surface area contributed by atoms with Gasteiger partial charge in [-0.2, -0.15) is 0 Å². The van der Waals surface area contributed by atoms with Crippen LogP contribution in [-0.2, 0) is 0 Å². The molecule has 0 spiro atoms. The van der Waals surface area contributed by atoms with Gasteiger partial charge in [0.2, 0.25) is 0 Å². The van der Waals surface area contributed by atoms with Crippen LogP contribution >= 0.6 is 0 Å². The summed E-state index contributed by atoms with van der Waals surface area (Å²) in [7, 11) is 0. The highest BCUT2D eigenvalue weighted by Gasteiger charge is 2.62. The van der Waals surface area contributed by atoms with Gasteiger partial charge in [-0.15, -0.1) is 6.58 Å². The van der Waals surface area contributed by atoms with Crippen LogP contribution in [0.2, 0.25) is 0 Å². The molecule has 5 atom stereocenters. The van der Waals surface area contributed by atoms with Gasteiger partial charge in [0.25, 0.3) is 0 Å². The molecule has 1 unspecified atom stereocenters. The highest BCUT2D eigenvalue weighted by Crippen LogP contribution is 2.68. The van der Waals surface area contributed by atoms with E-state index in [1.807, 2.05) is 6.92 Å². The van der Waals surface area contributed by atoms with Gasteiger partial charge in [0.05, 0.1) is 6.10 Å². The third kappa shape index (κ3) is 1.69. The van der Waals surface area contributed by atoms with Crippen molar-refractivity contribution in [1.82, 2.24) is 0 Å². The molecule has 0 saturated heterocycles. The maximum Gasteiger partial charge on any atom is 0.0545 e. The van der Waals surface area contributed by atoms with Crippen molar-refractivity contribution in [1.29, 1.82) is 0 Å². The zero-order chi connectivity index (χ0) is 12.8. The molecule has 0 bridgehead atoms. The molecule has 0 heterocycles. The van der Waals surface area contributed by atoms with Crippen molar-refractivity contribution in [3.05, 3.63) is 12.7 Å². The summed E-state index contributed by atoms with van der Waals surface area (Å²) in [5.41, 5.74) is 0.703. The molecule has 98 valence electrons. The normalized spacial score (nSPS) is 45.6. The summed E-state index contributed by atoms with van der Waals surface area (Å²) in [6.07, 6.45) is 6.94. The highest BCUT2D eigenvalue weighted by atomic mass is 16.3. The van der Waals surface area contributed by atoms with E-state index >= 15 is 0 Å². The monoisotopic (exact) mass is 236 g/mol. The van der Waals surface area contributed by atoms with Gasteiger partial charge in [-0.1, -0.05) is 26.8 Å². The molecule has 1 nitrogen and oxygen atoms in total.